The average molecular weight is 600 g/mol. The fourth-order valence-corrected chi connectivity index (χ4v) is 5.07. The van der Waals surface area contributed by atoms with Gasteiger partial charge in [-0.2, -0.15) is 0 Å². The largest absolute Gasteiger partial charge is 0.494 e. The summed E-state index contributed by atoms with van der Waals surface area (Å²) in [6.07, 6.45) is -0.166. The third kappa shape index (κ3) is 6.54. The smallest absolute Gasteiger partial charge is 0.307 e. The Morgan fingerprint density at radius 2 is 1.72 bits per heavy atom. The Balaban J connectivity index is 1.43. The average Bonchev–Trinajstić information content (AvgIpc) is 3.46. The molecule has 3 aromatic carbocycles. The van der Waals surface area contributed by atoms with E-state index in [4.69, 9.17) is 21.5 Å². The molecule has 1 atom stereocenters. The van der Waals surface area contributed by atoms with Gasteiger partial charge in [0.1, 0.15) is 18.3 Å². The summed E-state index contributed by atoms with van der Waals surface area (Å²) >= 11 is 5.82. The van der Waals surface area contributed by atoms with Gasteiger partial charge in [0.25, 0.3) is 17.5 Å². The van der Waals surface area contributed by atoms with Gasteiger partial charge in [0.15, 0.2) is 12.2 Å². The molecule has 0 bridgehead atoms. The zero-order valence-corrected chi connectivity index (χ0v) is 24.8. The number of carbonyl (C=O) groups is 3. The van der Waals surface area contributed by atoms with E-state index < -0.39 is 6.04 Å². The highest BCUT2D eigenvalue weighted by Gasteiger charge is 2.46. The lowest BCUT2D eigenvalue weighted by Crippen LogP contribution is -2.43. The van der Waals surface area contributed by atoms with Crippen LogP contribution >= 0.6 is 12.2 Å². The van der Waals surface area contributed by atoms with Crippen LogP contribution in [0, 0.1) is 6.92 Å². The summed E-state index contributed by atoms with van der Waals surface area (Å²) in [5.41, 5.74) is 3.11. The molecule has 1 unspecified atom stereocenters. The SMILES string of the molecule is CCOc1ccc(N2C(=O)C(CC(=O)Nc3ccc(C)cc3)N(Cc3c(NC(=O)c4ccccc4)on[n+]3C)C2=S)cc1. The number of benzene rings is 3. The summed E-state index contributed by atoms with van der Waals surface area (Å²) in [6.45, 7) is 4.38. The normalized spacial score (nSPS) is 14.6. The van der Waals surface area contributed by atoms with Crippen molar-refractivity contribution in [2.45, 2.75) is 32.9 Å². The van der Waals surface area contributed by atoms with E-state index in [2.05, 4.69) is 15.9 Å². The molecule has 1 saturated heterocycles. The standard InChI is InChI=1S/C31H30N6O5S/c1-4-41-24-16-14-23(15-17-24)37-30(40)25(18-27(38)32-22-12-10-20(2)11-13-22)36(31(37)43)19-26-29(42-34-35(26)3)33-28(39)21-8-6-5-7-9-21/h5-17,25H,4,18-19H2,1-3H3,(H-,32,33,34,38,39)/p+1. The molecule has 4 aromatic rings. The van der Waals surface area contributed by atoms with E-state index >= 15 is 0 Å². The fraction of sp³-hybridized carbons (Fsp3) is 0.226. The monoisotopic (exact) mass is 599 g/mol. The van der Waals surface area contributed by atoms with Crippen LogP contribution in [0.3, 0.4) is 0 Å². The number of nitrogens with one attached hydrogen (secondary N) is 2. The van der Waals surface area contributed by atoms with Gasteiger partial charge in [-0.05, 0) is 79.3 Å². The van der Waals surface area contributed by atoms with Gasteiger partial charge in [0.2, 0.25) is 11.2 Å². The molecule has 220 valence electrons. The highest BCUT2D eigenvalue weighted by atomic mass is 32.1. The number of carbonyl (C=O) groups excluding carboxylic acids is 3. The van der Waals surface area contributed by atoms with E-state index in [1.165, 1.54) is 9.58 Å². The third-order valence-electron chi connectivity index (χ3n) is 6.93. The maximum absolute atomic E-state index is 13.9. The quantitative estimate of drug-likeness (QED) is 0.207. The van der Waals surface area contributed by atoms with Gasteiger partial charge in [-0.3, -0.25) is 29.1 Å². The lowest BCUT2D eigenvalue weighted by molar-refractivity contribution is -0.746. The minimum Gasteiger partial charge on any atom is -0.494 e. The highest BCUT2D eigenvalue weighted by molar-refractivity contribution is 7.80. The maximum Gasteiger partial charge on any atom is 0.307 e. The summed E-state index contributed by atoms with van der Waals surface area (Å²) in [7, 11) is 1.65. The number of aromatic nitrogens is 2. The maximum atomic E-state index is 13.9. The number of anilines is 3. The fourth-order valence-electron chi connectivity index (χ4n) is 4.68. The topological polar surface area (TPSA) is 121 Å². The van der Waals surface area contributed by atoms with E-state index in [1.54, 1.807) is 72.6 Å². The van der Waals surface area contributed by atoms with Crippen molar-refractivity contribution in [2.24, 2.45) is 7.05 Å². The van der Waals surface area contributed by atoms with Gasteiger partial charge in [0.05, 0.1) is 18.7 Å². The van der Waals surface area contributed by atoms with E-state index in [0.29, 0.717) is 35.0 Å². The molecular formula is C31H31N6O5S+. The molecule has 1 fully saturated rings. The molecule has 12 heteroatoms. The van der Waals surface area contributed by atoms with Crippen LogP contribution in [0.25, 0.3) is 0 Å². The number of thiocarbonyl (C=S) groups is 1. The Bertz CT molecular complexity index is 1640. The number of amides is 3. The first-order chi connectivity index (χ1) is 20.7. The zero-order chi connectivity index (χ0) is 30.5. The van der Waals surface area contributed by atoms with Crippen LogP contribution in [0.5, 0.6) is 5.75 Å². The summed E-state index contributed by atoms with van der Waals surface area (Å²) in [4.78, 5) is 43.0. The van der Waals surface area contributed by atoms with Crippen LogP contribution in [0.4, 0.5) is 17.3 Å². The molecular weight excluding hydrogens is 568 g/mol. The Morgan fingerprint density at radius 3 is 2.40 bits per heavy atom. The predicted octanol–water partition coefficient (Wildman–Crippen LogP) is 3.99. The molecule has 3 amide bonds. The Morgan fingerprint density at radius 1 is 1.02 bits per heavy atom. The first-order valence-corrected chi connectivity index (χ1v) is 14.1. The molecule has 1 aromatic heterocycles. The van der Waals surface area contributed by atoms with Crippen molar-refractivity contribution in [1.82, 2.24) is 10.2 Å². The summed E-state index contributed by atoms with van der Waals surface area (Å²) in [5, 5.41) is 9.78. The van der Waals surface area contributed by atoms with E-state index in [1.807, 2.05) is 32.0 Å². The lowest BCUT2D eigenvalue weighted by Gasteiger charge is -2.22. The van der Waals surface area contributed by atoms with Gasteiger partial charge >= 0.3 is 5.88 Å². The molecule has 2 heterocycles. The van der Waals surface area contributed by atoms with E-state index in [9.17, 15) is 14.4 Å². The Kier molecular flexibility index (Phi) is 8.77. The molecule has 0 spiro atoms. The number of hydrogen-bond donors (Lipinski definition) is 2. The molecule has 2 N–H and O–H groups in total. The van der Waals surface area contributed by atoms with Crippen LogP contribution in [0.1, 0.15) is 35.0 Å². The minimum atomic E-state index is -0.933. The molecule has 43 heavy (non-hydrogen) atoms. The van der Waals surface area contributed by atoms with Crippen LogP contribution in [0.2, 0.25) is 0 Å². The number of ether oxygens (including phenoxy) is 1. The van der Waals surface area contributed by atoms with Gasteiger partial charge in [-0.1, -0.05) is 35.9 Å². The predicted molar refractivity (Wildman–Crippen MR) is 164 cm³/mol. The Hall–Kier alpha value is -5.10. The van der Waals surface area contributed by atoms with Crippen molar-refractivity contribution in [3.63, 3.8) is 0 Å². The first kappa shape index (κ1) is 29.4. The van der Waals surface area contributed by atoms with Gasteiger partial charge in [-0.25, -0.2) is 0 Å². The summed E-state index contributed by atoms with van der Waals surface area (Å²) in [6, 6.07) is 22.1. The van der Waals surface area contributed by atoms with Crippen LogP contribution in [0.15, 0.2) is 83.4 Å². The van der Waals surface area contributed by atoms with Crippen molar-refractivity contribution in [3.05, 3.63) is 95.7 Å². The molecule has 1 aliphatic rings. The molecule has 0 aliphatic carbocycles. The number of nitrogens with zero attached hydrogens (tertiary/aromatic N) is 4. The minimum absolute atomic E-state index is 0.0327. The van der Waals surface area contributed by atoms with Crippen LogP contribution in [-0.4, -0.2) is 45.7 Å². The third-order valence-corrected chi connectivity index (χ3v) is 7.35. The molecule has 5 rings (SSSR count). The van der Waals surface area contributed by atoms with Gasteiger partial charge in [0, 0.05) is 11.3 Å². The van der Waals surface area contributed by atoms with E-state index in [0.717, 1.165) is 5.56 Å². The number of rotatable bonds is 10. The van der Waals surface area contributed by atoms with Crippen molar-refractivity contribution in [3.8, 4) is 5.75 Å². The molecule has 1 aliphatic heterocycles. The van der Waals surface area contributed by atoms with Gasteiger partial charge in [-0.15, -0.1) is 0 Å². The van der Waals surface area contributed by atoms with Gasteiger partial charge < -0.3 is 15.0 Å². The molecule has 11 nitrogen and oxygen atoms in total. The number of hydrogen-bond acceptors (Lipinski definition) is 7. The molecule has 0 saturated carbocycles. The van der Waals surface area contributed by atoms with Crippen molar-refractivity contribution in [2.75, 3.05) is 22.1 Å². The summed E-state index contributed by atoms with van der Waals surface area (Å²) < 4.78 is 12.4. The van der Waals surface area contributed by atoms with Crippen molar-refractivity contribution in [1.29, 1.82) is 0 Å². The second-order valence-corrected chi connectivity index (χ2v) is 10.3. The van der Waals surface area contributed by atoms with E-state index in [-0.39, 0.29) is 41.7 Å². The highest BCUT2D eigenvalue weighted by Crippen LogP contribution is 2.31. The second kappa shape index (κ2) is 12.8. The zero-order valence-electron chi connectivity index (χ0n) is 23.9. The van der Waals surface area contributed by atoms with Crippen molar-refractivity contribution >= 4 is 52.3 Å². The second-order valence-electron chi connectivity index (χ2n) is 9.94. The van der Waals surface area contributed by atoms with Crippen molar-refractivity contribution < 1.29 is 28.3 Å². The lowest BCUT2D eigenvalue weighted by atomic mass is 10.1. The number of aryl methyl sites for hydroxylation is 2. The first-order valence-electron chi connectivity index (χ1n) is 13.7. The van der Waals surface area contributed by atoms with Crippen LogP contribution < -0.4 is 25.0 Å². The summed E-state index contributed by atoms with van der Waals surface area (Å²) in [5.74, 6) is -0.333. The Labute approximate surface area is 254 Å². The molecule has 0 radical (unpaired) electrons. The van der Waals surface area contributed by atoms with Crippen LogP contribution in [-0.2, 0) is 23.2 Å².